The number of likely N-dealkylation sites (N-methyl/N-ethyl adjacent to an activating group) is 1. The molecule has 2 rings (SSSR count). The van der Waals surface area contributed by atoms with E-state index >= 15 is 0 Å². The van der Waals surface area contributed by atoms with Gasteiger partial charge in [0.1, 0.15) is 0 Å². The van der Waals surface area contributed by atoms with Crippen LogP contribution in [0.4, 0.5) is 0 Å². The molecule has 0 bridgehead atoms. The monoisotopic (exact) mass is 336 g/mol. The van der Waals surface area contributed by atoms with Crippen LogP contribution in [0, 0.1) is 13.8 Å². The Morgan fingerprint density at radius 2 is 1.68 bits per heavy atom. The zero-order valence-electron chi connectivity index (χ0n) is 13.2. The van der Waals surface area contributed by atoms with Gasteiger partial charge in [0.15, 0.2) is 0 Å². The van der Waals surface area contributed by atoms with Crippen molar-refractivity contribution in [3.8, 4) is 0 Å². The summed E-state index contributed by atoms with van der Waals surface area (Å²) in [6.07, 6.45) is 0. The van der Waals surface area contributed by atoms with Crippen molar-refractivity contribution in [2.75, 3.05) is 13.6 Å². The fraction of sp³-hybridized carbons (Fsp3) is 0.375. The van der Waals surface area contributed by atoms with Crippen LogP contribution in [0.15, 0.2) is 22.9 Å². The molecule has 2 aromatic rings. The SMILES string of the molecule is Cc1ccsc1C(=O)NC[C@@H](C)N(C)C(=O)c1sccc1C. The van der Waals surface area contributed by atoms with Crippen LogP contribution < -0.4 is 5.32 Å². The van der Waals surface area contributed by atoms with E-state index in [2.05, 4.69) is 5.32 Å². The van der Waals surface area contributed by atoms with Crippen molar-refractivity contribution < 1.29 is 9.59 Å². The Labute approximate surface area is 138 Å². The molecule has 1 atom stereocenters. The Morgan fingerprint density at radius 1 is 1.14 bits per heavy atom. The summed E-state index contributed by atoms with van der Waals surface area (Å²) in [5, 5.41) is 6.73. The lowest BCUT2D eigenvalue weighted by molar-refractivity contribution is 0.0735. The van der Waals surface area contributed by atoms with Gasteiger partial charge in [0.25, 0.3) is 11.8 Å². The highest BCUT2D eigenvalue weighted by Gasteiger charge is 2.21. The van der Waals surface area contributed by atoms with Gasteiger partial charge in [-0.25, -0.2) is 0 Å². The van der Waals surface area contributed by atoms with E-state index in [1.807, 2.05) is 43.7 Å². The standard InChI is InChI=1S/C16H20N2O2S2/c1-10-5-7-21-13(10)15(19)17-9-12(3)18(4)16(20)14-11(2)6-8-22-14/h5-8,12H,9H2,1-4H3,(H,17,19)/t12-/m1/s1. The first-order valence-corrected chi connectivity index (χ1v) is 8.81. The van der Waals surface area contributed by atoms with Gasteiger partial charge in [-0.15, -0.1) is 22.7 Å². The van der Waals surface area contributed by atoms with Crippen molar-refractivity contribution in [2.24, 2.45) is 0 Å². The molecule has 0 aliphatic carbocycles. The van der Waals surface area contributed by atoms with E-state index in [9.17, 15) is 9.59 Å². The van der Waals surface area contributed by atoms with E-state index in [0.717, 1.165) is 20.9 Å². The van der Waals surface area contributed by atoms with Gasteiger partial charge in [-0.05, 0) is 54.8 Å². The Morgan fingerprint density at radius 3 is 2.18 bits per heavy atom. The van der Waals surface area contributed by atoms with E-state index in [1.54, 1.807) is 11.9 Å². The first-order chi connectivity index (χ1) is 10.4. The van der Waals surface area contributed by atoms with Crippen LogP contribution >= 0.6 is 22.7 Å². The number of aryl methyl sites for hydroxylation is 2. The maximum absolute atomic E-state index is 12.4. The van der Waals surface area contributed by atoms with Crippen molar-refractivity contribution >= 4 is 34.5 Å². The van der Waals surface area contributed by atoms with Gasteiger partial charge in [0.2, 0.25) is 0 Å². The molecule has 2 amide bonds. The second kappa shape index (κ2) is 7.07. The third-order valence-electron chi connectivity index (χ3n) is 3.66. The Kier molecular flexibility index (Phi) is 5.37. The number of carbonyl (C=O) groups is 2. The molecule has 1 N–H and O–H groups in total. The number of nitrogens with one attached hydrogen (secondary N) is 1. The quantitative estimate of drug-likeness (QED) is 0.910. The number of amides is 2. The van der Waals surface area contributed by atoms with Crippen LogP contribution in [-0.4, -0.2) is 36.3 Å². The summed E-state index contributed by atoms with van der Waals surface area (Å²) in [7, 11) is 1.77. The number of nitrogens with zero attached hydrogens (tertiary/aromatic N) is 1. The molecule has 6 heteroatoms. The van der Waals surface area contributed by atoms with Crippen molar-refractivity contribution in [3.63, 3.8) is 0 Å². The molecular weight excluding hydrogens is 316 g/mol. The molecule has 2 aromatic heterocycles. The number of rotatable bonds is 5. The molecular formula is C16H20N2O2S2. The summed E-state index contributed by atoms with van der Waals surface area (Å²) in [6.45, 7) is 6.22. The number of hydrogen-bond donors (Lipinski definition) is 1. The van der Waals surface area contributed by atoms with Crippen LogP contribution in [-0.2, 0) is 0 Å². The van der Waals surface area contributed by atoms with Gasteiger partial charge in [-0.1, -0.05) is 0 Å². The summed E-state index contributed by atoms with van der Waals surface area (Å²) in [5.74, 6) is -0.0749. The minimum absolute atomic E-state index is 0.00144. The van der Waals surface area contributed by atoms with Crippen LogP contribution in [0.1, 0.15) is 37.4 Å². The Bertz CT molecular complexity index is 675. The number of thiophene rings is 2. The minimum Gasteiger partial charge on any atom is -0.349 e. The molecule has 2 heterocycles. The summed E-state index contributed by atoms with van der Waals surface area (Å²) < 4.78 is 0. The summed E-state index contributed by atoms with van der Waals surface area (Å²) in [6, 6.07) is 3.80. The summed E-state index contributed by atoms with van der Waals surface area (Å²) in [4.78, 5) is 27.7. The van der Waals surface area contributed by atoms with Gasteiger partial charge in [-0.3, -0.25) is 9.59 Å². The lowest BCUT2D eigenvalue weighted by atomic mass is 10.2. The second-order valence-electron chi connectivity index (χ2n) is 5.34. The van der Waals surface area contributed by atoms with Crippen LogP contribution in [0.3, 0.4) is 0 Å². The zero-order chi connectivity index (χ0) is 16.3. The lowest BCUT2D eigenvalue weighted by Crippen LogP contribution is -2.43. The molecule has 0 spiro atoms. The maximum Gasteiger partial charge on any atom is 0.264 e. The minimum atomic E-state index is -0.0764. The molecule has 0 fully saturated rings. The first kappa shape index (κ1) is 16.7. The molecule has 22 heavy (non-hydrogen) atoms. The highest BCUT2D eigenvalue weighted by molar-refractivity contribution is 7.12. The van der Waals surface area contributed by atoms with Gasteiger partial charge in [-0.2, -0.15) is 0 Å². The molecule has 0 aliphatic heterocycles. The van der Waals surface area contributed by atoms with E-state index < -0.39 is 0 Å². The molecule has 0 aromatic carbocycles. The molecule has 118 valence electrons. The first-order valence-electron chi connectivity index (χ1n) is 7.05. The maximum atomic E-state index is 12.4. The van der Waals surface area contributed by atoms with E-state index in [-0.39, 0.29) is 17.9 Å². The lowest BCUT2D eigenvalue weighted by Gasteiger charge is -2.25. The molecule has 0 saturated heterocycles. The predicted molar refractivity (Wildman–Crippen MR) is 92.0 cm³/mol. The van der Waals surface area contributed by atoms with Crippen molar-refractivity contribution in [3.05, 3.63) is 43.8 Å². The molecule has 0 saturated carbocycles. The van der Waals surface area contributed by atoms with E-state index in [0.29, 0.717) is 6.54 Å². The van der Waals surface area contributed by atoms with Crippen LogP contribution in [0.25, 0.3) is 0 Å². The van der Waals surface area contributed by atoms with Crippen molar-refractivity contribution in [1.82, 2.24) is 10.2 Å². The molecule has 0 radical (unpaired) electrons. The summed E-state index contributed by atoms with van der Waals surface area (Å²) >= 11 is 2.88. The average Bonchev–Trinajstić information content (AvgIpc) is 3.11. The van der Waals surface area contributed by atoms with Crippen LogP contribution in [0.2, 0.25) is 0 Å². The normalized spacial score (nSPS) is 12.0. The van der Waals surface area contributed by atoms with Gasteiger partial charge in [0, 0.05) is 19.6 Å². The second-order valence-corrected chi connectivity index (χ2v) is 7.17. The van der Waals surface area contributed by atoms with Crippen LogP contribution in [0.5, 0.6) is 0 Å². The summed E-state index contributed by atoms with van der Waals surface area (Å²) in [5.41, 5.74) is 1.97. The largest absolute Gasteiger partial charge is 0.349 e. The topological polar surface area (TPSA) is 49.4 Å². The number of hydrogen-bond acceptors (Lipinski definition) is 4. The smallest absolute Gasteiger partial charge is 0.264 e. The Hall–Kier alpha value is -1.66. The predicted octanol–water partition coefficient (Wildman–Crippen LogP) is 3.32. The fourth-order valence-corrected chi connectivity index (χ4v) is 3.76. The third kappa shape index (κ3) is 3.56. The zero-order valence-corrected chi connectivity index (χ0v) is 14.8. The number of carbonyl (C=O) groups excluding carboxylic acids is 2. The van der Waals surface area contributed by atoms with Gasteiger partial charge >= 0.3 is 0 Å². The molecule has 0 aliphatic rings. The third-order valence-corrected chi connectivity index (χ3v) is 5.68. The van der Waals surface area contributed by atoms with Crippen molar-refractivity contribution in [1.29, 1.82) is 0 Å². The van der Waals surface area contributed by atoms with E-state index in [1.165, 1.54) is 22.7 Å². The van der Waals surface area contributed by atoms with Crippen molar-refractivity contribution in [2.45, 2.75) is 26.8 Å². The fourth-order valence-electron chi connectivity index (χ4n) is 2.02. The highest BCUT2D eigenvalue weighted by atomic mass is 32.1. The average molecular weight is 336 g/mol. The van der Waals surface area contributed by atoms with Gasteiger partial charge < -0.3 is 10.2 Å². The molecule has 0 unspecified atom stereocenters. The van der Waals surface area contributed by atoms with E-state index in [4.69, 9.17) is 0 Å². The molecule has 4 nitrogen and oxygen atoms in total. The Balaban J connectivity index is 1.93. The highest BCUT2D eigenvalue weighted by Crippen LogP contribution is 2.18. The van der Waals surface area contributed by atoms with Gasteiger partial charge in [0.05, 0.1) is 9.75 Å².